The number of aromatic amines is 1. The fourth-order valence-electron chi connectivity index (χ4n) is 4.39. The van der Waals surface area contributed by atoms with Gasteiger partial charge < -0.3 is 15.4 Å². The quantitative estimate of drug-likeness (QED) is 0.221. The van der Waals surface area contributed by atoms with Crippen molar-refractivity contribution in [3.8, 4) is 5.69 Å². The standard InChI is InChI=1S/C25H23FIN5O6S/c1-13-20-19(21(31(2)22(13)34)28-18-7-6-14(27)10-17(18)26)23(35)32(24(36)29-20)16-5-3-4-15(11-16)30-39(37,38)25(12-33)8-9-25/h3-7,10-11,28,30,33H,8-9,12H2,1-2H3,(H,29,36). The van der Waals surface area contributed by atoms with E-state index in [1.54, 1.807) is 6.07 Å². The first kappa shape index (κ1) is 27.1. The zero-order valence-electron chi connectivity index (χ0n) is 20.7. The first-order chi connectivity index (χ1) is 18.4. The molecule has 2 aromatic heterocycles. The Morgan fingerprint density at radius 2 is 1.85 bits per heavy atom. The van der Waals surface area contributed by atoms with E-state index in [1.807, 2.05) is 22.6 Å². The average Bonchev–Trinajstić information content (AvgIpc) is 3.69. The summed E-state index contributed by atoms with van der Waals surface area (Å²) in [6.07, 6.45) is 0.634. The number of pyridine rings is 1. The van der Waals surface area contributed by atoms with Crippen LogP contribution in [0.2, 0.25) is 0 Å². The molecule has 1 saturated carbocycles. The molecule has 2 heterocycles. The maximum Gasteiger partial charge on any atom is 0.333 e. The van der Waals surface area contributed by atoms with Gasteiger partial charge in [-0.2, -0.15) is 0 Å². The van der Waals surface area contributed by atoms with Crippen LogP contribution >= 0.6 is 22.6 Å². The minimum Gasteiger partial charge on any atom is -0.395 e. The first-order valence-corrected chi connectivity index (χ1v) is 14.3. The number of sulfonamides is 1. The van der Waals surface area contributed by atoms with Crippen molar-refractivity contribution < 1.29 is 17.9 Å². The highest BCUT2D eigenvalue weighted by Gasteiger charge is 2.54. The topological polar surface area (TPSA) is 155 Å². The van der Waals surface area contributed by atoms with Gasteiger partial charge in [-0.05, 0) is 78.8 Å². The third-order valence-electron chi connectivity index (χ3n) is 6.88. The molecule has 0 aliphatic heterocycles. The monoisotopic (exact) mass is 667 g/mol. The Bertz CT molecular complexity index is 1950. The number of H-pyrrole nitrogens is 1. The second-order valence-corrected chi connectivity index (χ2v) is 12.7. The molecule has 0 amide bonds. The molecule has 0 atom stereocenters. The third-order valence-corrected chi connectivity index (χ3v) is 9.73. The molecule has 11 nitrogen and oxygen atoms in total. The molecule has 0 bridgehead atoms. The van der Waals surface area contributed by atoms with E-state index in [-0.39, 0.29) is 39.3 Å². The summed E-state index contributed by atoms with van der Waals surface area (Å²) < 4.78 is 44.0. The lowest BCUT2D eigenvalue weighted by Crippen LogP contribution is -2.36. The molecule has 1 aliphatic carbocycles. The number of nitrogens with one attached hydrogen (secondary N) is 3. The van der Waals surface area contributed by atoms with Crippen LogP contribution in [0.15, 0.2) is 56.8 Å². The van der Waals surface area contributed by atoms with E-state index >= 15 is 0 Å². The lowest BCUT2D eigenvalue weighted by Gasteiger charge is -2.18. The van der Waals surface area contributed by atoms with Crippen LogP contribution in [0, 0.1) is 16.3 Å². The number of aliphatic hydroxyl groups excluding tert-OH is 1. The van der Waals surface area contributed by atoms with Crippen LogP contribution in [0.4, 0.5) is 21.6 Å². The highest BCUT2D eigenvalue weighted by atomic mass is 127. The van der Waals surface area contributed by atoms with Gasteiger partial charge in [-0.15, -0.1) is 0 Å². The number of rotatable bonds is 7. The van der Waals surface area contributed by atoms with Crippen molar-refractivity contribution in [2.24, 2.45) is 7.05 Å². The number of benzene rings is 2. The molecule has 0 spiro atoms. The van der Waals surface area contributed by atoms with Crippen molar-refractivity contribution in [3.05, 3.63) is 88.6 Å². The Morgan fingerprint density at radius 1 is 1.13 bits per heavy atom. The Kier molecular flexibility index (Phi) is 6.67. The number of hydrogen-bond acceptors (Lipinski definition) is 7. The second-order valence-electron chi connectivity index (χ2n) is 9.40. The van der Waals surface area contributed by atoms with Gasteiger partial charge in [0.2, 0.25) is 10.0 Å². The molecule has 39 heavy (non-hydrogen) atoms. The number of nitrogens with zero attached hydrogens (tertiary/aromatic N) is 2. The zero-order chi connectivity index (χ0) is 28.3. The lowest BCUT2D eigenvalue weighted by molar-refractivity contribution is 0.284. The number of hydrogen-bond donors (Lipinski definition) is 4. The molecular formula is C25H23FIN5O6S. The largest absolute Gasteiger partial charge is 0.395 e. The van der Waals surface area contributed by atoms with Crippen molar-refractivity contribution in [1.82, 2.24) is 14.1 Å². The zero-order valence-corrected chi connectivity index (χ0v) is 23.7. The molecular weight excluding hydrogens is 644 g/mol. The van der Waals surface area contributed by atoms with Crippen LogP contribution in [-0.4, -0.2) is 39.0 Å². The van der Waals surface area contributed by atoms with Gasteiger partial charge in [0.05, 0.1) is 29.2 Å². The van der Waals surface area contributed by atoms with Gasteiger partial charge in [0.25, 0.3) is 11.1 Å². The van der Waals surface area contributed by atoms with Crippen molar-refractivity contribution in [1.29, 1.82) is 0 Å². The molecule has 0 saturated heterocycles. The fourth-order valence-corrected chi connectivity index (χ4v) is 6.30. The van der Waals surface area contributed by atoms with Crippen molar-refractivity contribution in [3.63, 3.8) is 0 Å². The van der Waals surface area contributed by atoms with E-state index in [1.165, 1.54) is 50.4 Å². The summed E-state index contributed by atoms with van der Waals surface area (Å²) in [4.78, 5) is 42.5. The van der Waals surface area contributed by atoms with E-state index in [2.05, 4.69) is 15.0 Å². The molecule has 0 radical (unpaired) electrons. The highest BCUT2D eigenvalue weighted by molar-refractivity contribution is 14.1. The molecule has 2 aromatic carbocycles. The molecule has 4 N–H and O–H groups in total. The summed E-state index contributed by atoms with van der Waals surface area (Å²) in [5.41, 5.74) is -1.90. The molecule has 4 aromatic rings. The van der Waals surface area contributed by atoms with Gasteiger partial charge in [0.15, 0.2) is 0 Å². The molecule has 0 unspecified atom stereocenters. The van der Waals surface area contributed by atoms with Crippen LogP contribution in [0.5, 0.6) is 0 Å². The van der Waals surface area contributed by atoms with Crippen molar-refractivity contribution in [2.75, 3.05) is 16.6 Å². The smallest absolute Gasteiger partial charge is 0.333 e. The molecule has 204 valence electrons. The Morgan fingerprint density at radius 3 is 2.49 bits per heavy atom. The van der Waals surface area contributed by atoms with E-state index in [4.69, 9.17) is 0 Å². The van der Waals surface area contributed by atoms with Gasteiger partial charge in [-0.3, -0.25) is 18.9 Å². The van der Waals surface area contributed by atoms with Gasteiger partial charge in [0, 0.05) is 16.2 Å². The van der Waals surface area contributed by atoms with Gasteiger partial charge in [0.1, 0.15) is 21.8 Å². The fraction of sp³-hybridized carbons (Fsp3) is 0.240. The summed E-state index contributed by atoms with van der Waals surface area (Å²) >= 11 is 1.95. The lowest BCUT2D eigenvalue weighted by atomic mass is 10.1. The maximum atomic E-state index is 14.7. The molecule has 1 fully saturated rings. The van der Waals surface area contributed by atoms with Crippen molar-refractivity contribution >= 4 is 60.7 Å². The summed E-state index contributed by atoms with van der Waals surface area (Å²) in [6.45, 7) is 0.935. The van der Waals surface area contributed by atoms with E-state index in [0.717, 1.165) is 9.13 Å². The summed E-state index contributed by atoms with van der Waals surface area (Å²) in [5.74, 6) is -0.643. The number of fused-ring (bicyclic) bond motifs is 1. The first-order valence-electron chi connectivity index (χ1n) is 11.7. The van der Waals surface area contributed by atoms with Crippen LogP contribution in [0.1, 0.15) is 18.4 Å². The molecule has 1 aliphatic rings. The van der Waals surface area contributed by atoms with E-state index in [9.17, 15) is 32.3 Å². The summed E-state index contributed by atoms with van der Waals surface area (Å²) in [5, 5.41) is 12.3. The summed E-state index contributed by atoms with van der Waals surface area (Å²) in [6, 6.07) is 10.1. The van der Waals surface area contributed by atoms with Crippen molar-refractivity contribution in [2.45, 2.75) is 24.5 Å². The maximum absolute atomic E-state index is 14.7. The Balaban J connectivity index is 1.70. The number of aromatic nitrogens is 3. The number of halogens is 2. The molecule has 5 rings (SSSR count). The Labute approximate surface area is 234 Å². The normalized spacial score (nSPS) is 14.4. The van der Waals surface area contributed by atoms with Gasteiger partial charge >= 0.3 is 5.69 Å². The van der Waals surface area contributed by atoms with Crippen LogP contribution in [0.3, 0.4) is 0 Å². The van der Waals surface area contributed by atoms with E-state index < -0.39 is 44.0 Å². The molecule has 14 heteroatoms. The highest BCUT2D eigenvalue weighted by Crippen LogP contribution is 2.43. The van der Waals surface area contributed by atoms with Crippen LogP contribution < -0.4 is 26.8 Å². The number of aliphatic hydroxyl groups is 1. The number of aryl methyl sites for hydroxylation is 1. The average molecular weight is 667 g/mol. The summed E-state index contributed by atoms with van der Waals surface area (Å²) in [7, 11) is -2.51. The SMILES string of the molecule is Cc1c(=O)n(C)c(Nc2ccc(I)cc2F)c2c(=O)n(-c3cccc(NS(=O)(=O)C4(CO)CC4)c3)c(=O)[nH]c12. The van der Waals surface area contributed by atoms with Crippen LogP contribution in [0.25, 0.3) is 16.6 Å². The Hall–Kier alpha value is -3.50. The van der Waals surface area contributed by atoms with Crippen LogP contribution in [-0.2, 0) is 17.1 Å². The second kappa shape index (κ2) is 9.60. The minimum atomic E-state index is -3.93. The third kappa shape index (κ3) is 4.55. The van der Waals surface area contributed by atoms with E-state index in [0.29, 0.717) is 16.4 Å². The number of anilines is 3. The predicted molar refractivity (Wildman–Crippen MR) is 154 cm³/mol. The van der Waals surface area contributed by atoms with Gasteiger partial charge in [-0.25, -0.2) is 22.2 Å². The predicted octanol–water partition coefficient (Wildman–Crippen LogP) is 2.44. The minimum absolute atomic E-state index is 0.00625. The van der Waals surface area contributed by atoms with Gasteiger partial charge in [-0.1, -0.05) is 6.07 Å².